The lowest BCUT2D eigenvalue weighted by molar-refractivity contribution is 0.0987. The average molecular weight is 328 g/mol. The molecule has 7 heteroatoms. The second-order valence-electron chi connectivity index (χ2n) is 6.03. The van der Waals surface area contributed by atoms with E-state index >= 15 is 0 Å². The minimum atomic E-state index is -0.943. The molecule has 3 N–H and O–H groups in total. The van der Waals surface area contributed by atoms with E-state index < -0.39 is 29.9 Å². The van der Waals surface area contributed by atoms with E-state index in [2.05, 4.69) is 10.6 Å². The number of ether oxygens (including phenoxy) is 1. The molecule has 2 amide bonds. The molecule has 1 fully saturated rings. The lowest BCUT2D eigenvalue weighted by Gasteiger charge is -2.21. The Morgan fingerprint density at radius 1 is 1.39 bits per heavy atom. The van der Waals surface area contributed by atoms with Crippen molar-refractivity contribution in [2.24, 2.45) is 5.92 Å². The van der Waals surface area contributed by atoms with Gasteiger partial charge in [0.2, 0.25) is 0 Å². The molecule has 2 rings (SSSR count). The third-order valence-corrected chi connectivity index (χ3v) is 3.92. The Morgan fingerprint density at radius 2 is 2.13 bits per heavy atom. The lowest BCUT2D eigenvalue weighted by Crippen LogP contribution is -2.46. The zero-order valence-corrected chi connectivity index (χ0v) is 13.2. The highest BCUT2D eigenvalue weighted by Crippen LogP contribution is 2.29. The maximum atomic E-state index is 13.3. The summed E-state index contributed by atoms with van der Waals surface area (Å²) in [5.74, 6) is -1.82. The highest BCUT2D eigenvalue weighted by Gasteiger charge is 2.31. The highest BCUT2D eigenvalue weighted by molar-refractivity contribution is 5.74. The van der Waals surface area contributed by atoms with Crippen LogP contribution in [0.4, 0.5) is 13.6 Å². The third-order valence-electron chi connectivity index (χ3n) is 3.92. The van der Waals surface area contributed by atoms with Crippen LogP contribution in [0.15, 0.2) is 18.2 Å². The van der Waals surface area contributed by atoms with Gasteiger partial charge in [-0.15, -0.1) is 0 Å². The van der Waals surface area contributed by atoms with Crippen LogP contribution in [0.25, 0.3) is 0 Å². The number of nitrogens with one attached hydrogen (secondary N) is 2. The molecule has 0 bridgehead atoms. The van der Waals surface area contributed by atoms with Crippen molar-refractivity contribution in [3.8, 4) is 0 Å². The minimum Gasteiger partial charge on any atom is -0.391 e. The van der Waals surface area contributed by atoms with Gasteiger partial charge >= 0.3 is 6.03 Å². The first-order valence-corrected chi connectivity index (χ1v) is 7.67. The van der Waals surface area contributed by atoms with E-state index in [-0.39, 0.29) is 18.5 Å². The van der Waals surface area contributed by atoms with Gasteiger partial charge in [-0.05, 0) is 30.0 Å². The molecule has 1 aliphatic rings. The highest BCUT2D eigenvalue weighted by atomic mass is 19.2. The Bertz CT molecular complexity index is 554. The molecule has 0 radical (unpaired) electrons. The van der Waals surface area contributed by atoms with E-state index in [9.17, 15) is 18.7 Å². The molecule has 1 aromatic carbocycles. The number of hydrogen-bond donors (Lipinski definition) is 3. The predicted molar refractivity (Wildman–Crippen MR) is 80.8 cm³/mol. The monoisotopic (exact) mass is 328 g/mol. The largest absolute Gasteiger partial charge is 0.391 e. The summed E-state index contributed by atoms with van der Waals surface area (Å²) >= 11 is 0. The molecule has 1 heterocycles. The Hall–Kier alpha value is -1.73. The number of carbonyl (C=O) groups is 1. The van der Waals surface area contributed by atoms with E-state index in [0.29, 0.717) is 18.6 Å². The van der Waals surface area contributed by atoms with E-state index in [1.54, 1.807) is 0 Å². The Morgan fingerprint density at radius 3 is 2.78 bits per heavy atom. The maximum Gasteiger partial charge on any atom is 0.315 e. The molecule has 0 unspecified atom stereocenters. The fourth-order valence-corrected chi connectivity index (χ4v) is 2.41. The van der Waals surface area contributed by atoms with Crippen LogP contribution in [-0.2, 0) is 4.74 Å². The molecular formula is C16H22F2N2O3. The summed E-state index contributed by atoms with van der Waals surface area (Å²) in [7, 11) is 0. The number of aliphatic hydroxyl groups is 1. The van der Waals surface area contributed by atoms with Crippen molar-refractivity contribution in [3.05, 3.63) is 35.4 Å². The molecule has 0 aliphatic carbocycles. The van der Waals surface area contributed by atoms with Crippen LogP contribution < -0.4 is 10.6 Å². The first-order valence-electron chi connectivity index (χ1n) is 7.67. The van der Waals surface area contributed by atoms with Gasteiger partial charge in [-0.25, -0.2) is 13.6 Å². The molecular weight excluding hydrogens is 306 g/mol. The van der Waals surface area contributed by atoms with Crippen molar-refractivity contribution >= 4 is 6.03 Å². The molecule has 128 valence electrons. The van der Waals surface area contributed by atoms with Crippen LogP contribution in [0.3, 0.4) is 0 Å². The van der Waals surface area contributed by atoms with Gasteiger partial charge in [0.25, 0.3) is 0 Å². The van der Waals surface area contributed by atoms with Crippen molar-refractivity contribution in [2.75, 3.05) is 13.2 Å². The topological polar surface area (TPSA) is 70.6 Å². The van der Waals surface area contributed by atoms with Gasteiger partial charge in [0.15, 0.2) is 11.6 Å². The summed E-state index contributed by atoms with van der Waals surface area (Å²) in [5.41, 5.74) is 0.480. The molecule has 0 spiro atoms. The second-order valence-corrected chi connectivity index (χ2v) is 6.03. The molecule has 5 nitrogen and oxygen atoms in total. The van der Waals surface area contributed by atoms with Gasteiger partial charge in [0.1, 0.15) is 6.10 Å². The van der Waals surface area contributed by atoms with Crippen molar-refractivity contribution in [3.63, 3.8) is 0 Å². The number of rotatable bonds is 5. The standard InChI is InChI=1S/C16H22F2N2O3/c1-9(2)14(21)8-19-16(22)20-13-5-6-23-15(13)10-3-4-11(17)12(18)7-10/h3-4,7,9,13-15,21H,5-6,8H2,1-2H3,(H2,19,20,22)/t13-,14+,15-/m0/s1. The lowest BCUT2D eigenvalue weighted by atomic mass is 10.0. The number of amides is 2. The molecule has 23 heavy (non-hydrogen) atoms. The smallest absolute Gasteiger partial charge is 0.315 e. The molecule has 1 aliphatic heterocycles. The summed E-state index contributed by atoms with van der Waals surface area (Å²) in [6.45, 7) is 4.28. The van der Waals surface area contributed by atoms with E-state index in [1.165, 1.54) is 6.07 Å². The van der Waals surface area contributed by atoms with Gasteiger partial charge in [0.05, 0.1) is 12.1 Å². The second kappa shape index (κ2) is 7.70. The number of aliphatic hydroxyl groups excluding tert-OH is 1. The summed E-state index contributed by atoms with van der Waals surface area (Å²) in [6.07, 6.45) is -0.572. The number of urea groups is 1. The van der Waals surface area contributed by atoms with Crippen molar-refractivity contribution in [1.29, 1.82) is 0 Å². The zero-order chi connectivity index (χ0) is 17.0. The number of carbonyl (C=O) groups excluding carboxylic acids is 1. The summed E-state index contributed by atoms with van der Waals surface area (Å²) in [6, 6.07) is 2.82. The molecule has 0 saturated carbocycles. The Kier molecular flexibility index (Phi) is 5.90. The predicted octanol–water partition coefficient (Wildman–Crippen LogP) is 2.11. The third kappa shape index (κ3) is 4.62. The quantitative estimate of drug-likeness (QED) is 0.775. The maximum absolute atomic E-state index is 13.3. The first-order chi connectivity index (χ1) is 10.9. The molecule has 0 aromatic heterocycles. The van der Waals surface area contributed by atoms with Crippen LogP contribution in [0.1, 0.15) is 31.9 Å². The summed E-state index contributed by atoms with van der Waals surface area (Å²) < 4.78 is 31.9. The number of benzene rings is 1. The van der Waals surface area contributed by atoms with Crippen LogP contribution in [-0.4, -0.2) is 36.4 Å². The van der Waals surface area contributed by atoms with Gasteiger partial charge in [-0.1, -0.05) is 19.9 Å². The normalized spacial score (nSPS) is 22.2. The van der Waals surface area contributed by atoms with Gasteiger partial charge in [0, 0.05) is 13.2 Å². The number of halogens is 2. The average Bonchev–Trinajstić information content (AvgIpc) is 2.95. The van der Waals surface area contributed by atoms with Gasteiger partial charge in [-0.3, -0.25) is 0 Å². The SMILES string of the molecule is CC(C)[C@H](O)CNC(=O)N[C@H]1CCO[C@H]1c1ccc(F)c(F)c1. The van der Waals surface area contributed by atoms with Crippen LogP contribution >= 0.6 is 0 Å². The fraction of sp³-hybridized carbons (Fsp3) is 0.562. The van der Waals surface area contributed by atoms with Crippen molar-refractivity contribution in [2.45, 2.75) is 38.5 Å². The molecule has 1 saturated heterocycles. The van der Waals surface area contributed by atoms with Crippen LogP contribution in [0.2, 0.25) is 0 Å². The molecule has 1 aromatic rings. The number of hydrogen-bond acceptors (Lipinski definition) is 3. The summed E-state index contributed by atoms with van der Waals surface area (Å²) in [5, 5.41) is 15.0. The van der Waals surface area contributed by atoms with Crippen molar-refractivity contribution < 1.29 is 23.4 Å². The van der Waals surface area contributed by atoms with Gasteiger partial charge in [-0.2, -0.15) is 0 Å². The van der Waals surface area contributed by atoms with E-state index in [0.717, 1.165) is 12.1 Å². The minimum absolute atomic E-state index is 0.0417. The van der Waals surface area contributed by atoms with Crippen LogP contribution in [0, 0.1) is 17.6 Å². The first kappa shape index (κ1) is 17.6. The van der Waals surface area contributed by atoms with Crippen LogP contribution in [0.5, 0.6) is 0 Å². The van der Waals surface area contributed by atoms with Gasteiger partial charge < -0.3 is 20.5 Å². The Labute approximate surface area is 134 Å². The molecule has 3 atom stereocenters. The Balaban J connectivity index is 1.93. The van der Waals surface area contributed by atoms with Crippen molar-refractivity contribution in [1.82, 2.24) is 10.6 Å². The zero-order valence-electron chi connectivity index (χ0n) is 13.2. The summed E-state index contributed by atoms with van der Waals surface area (Å²) in [4.78, 5) is 11.9. The van der Waals surface area contributed by atoms with E-state index in [4.69, 9.17) is 4.74 Å². The fourth-order valence-electron chi connectivity index (χ4n) is 2.41. The van der Waals surface area contributed by atoms with E-state index in [1.807, 2.05) is 13.8 Å².